The molecule has 0 amide bonds. The number of sulfone groups is 1. The highest BCUT2D eigenvalue weighted by Gasteiger charge is 2.18. The van der Waals surface area contributed by atoms with Crippen molar-refractivity contribution in [3.05, 3.63) is 81.2 Å². The summed E-state index contributed by atoms with van der Waals surface area (Å²) in [6.07, 6.45) is 5.84. The van der Waals surface area contributed by atoms with Gasteiger partial charge in [0.15, 0.2) is 0 Å². The van der Waals surface area contributed by atoms with E-state index in [4.69, 9.17) is 15.2 Å². The maximum Gasteiger partial charge on any atom is 0.248 e. The number of nitrogens with two attached hydrogens (primary N) is 1. The van der Waals surface area contributed by atoms with E-state index in [2.05, 4.69) is 83.4 Å². The third-order valence-corrected chi connectivity index (χ3v) is 8.92. The summed E-state index contributed by atoms with van der Waals surface area (Å²) >= 11 is 0. The van der Waals surface area contributed by atoms with Gasteiger partial charge in [-0.15, -0.1) is 0 Å². The minimum absolute atomic E-state index is 0.164. The monoisotopic (exact) mass is 691 g/mol. The largest absolute Gasteiger partial charge is 0.496 e. The number of methoxy groups -OCH3 is 2. The quantitative estimate of drug-likeness (QED) is 0.126. The van der Waals surface area contributed by atoms with Crippen molar-refractivity contribution in [3.8, 4) is 11.5 Å². The Bertz CT molecular complexity index is 1840. The Morgan fingerprint density at radius 3 is 1.53 bits per heavy atom. The summed E-state index contributed by atoms with van der Waals surface area (Å²) in [6, 6.07) is 8.53. The molecular weight excluding hydrogens is 639 g/mol. The van der Waals surface area contributed by atoms with Gasteiger partial charge in [0.25, 0.3) is 0 Å². The molecule has 0 bridgehead atoms. The smallest absolute Gasteiger partial charge is 0.248 e. The highest BCUT2D eigenvalue weighted by Crippen LogP contribution is 2.32. The molecule has 0 radical (unpaired) electrons. The maximum atomic E-state index is 11.8. The third kappa shape index (κ3) is 10.3. The number of nitrogens with zero attached hydrogens (tertiary/aromatic N) is 4. The molecule has 0 fully saturated rings. The fraction of sp³-hybridized carbons (Fsp3) is 0.459. The molecule has 0 saturated carbocycles. The zero-order valence-corrected chi connectivity index (χ0v) is 31.7. The van der Waals surface area contributed by atoms with E-state index in [1.807, 2.05) is 26.8 Å². The Balaban J connectivity index is 0.000000267. The Hall–Kier alpha value is -4.45. The highest BCUT2D eigenvalue weighted by molar-refractivity contribution is 7.90. The van der Waals surface area contributed by atoms with E-state index in [0.717, 1.165) is 64.4 Å². The summed E-state index contributed by atoms with van der Waals surface area (Å²) in [5, 5.41) is 6.25. The Morgan fingerprint density at radius 2 is 1.14 bits per heavy atom. The molecule has 266 valence electrons. The molecule has 0 saturated heterocycles. The predicted molar refractivity (Wildman–Crippen MR) is 199 cm³/mol. The molecule has 2 aromatic heterocycles. The molecule has 0 aliphatic carbocycles. The number of ether oxygens (including phenoxy) is 2. The first kappa shape index (κ1) is 39.0. The molecule has 12 heteroatoms. The summed E-state index contributed by atoms with van der Waals surface area (Å²) in [5.74, 6) is 4.18. The van der Waals surface area contributed by atoms with E-state index >= 15 is 0 Å². The molecule has 0 aliphatic heterocycles. The first-order valence-corrected chi connectivity index (χ1v) is 18.5. The Kier molecular flexibility index (Phi) is 13.8. The van der Waals surface area contributed by atoms with Gasteiger partial charge in [0.1, 0.15) is 23.1 Å². The molecule has 0 unspecified atom stereocenters. The lowest BCUT2D eigenvalue weighted by Gasteiger charge is -2.18. The summed E-state index contributed by atoms with van der Waals surface area (Å²) in [5.41, 5.74) is 14.8. The zero-order chi connectivity index (χ0) is 36.5. The molecule has 4 N–H and O–H groups in total. The van der Waals surface area contributed by atoms with Crippen LogP contribution in [0.4, 0.5) is 17.6 Å². The minimum Gasteiger partial charge on any atom is -0.496 e. The lowest BCUT2D eigenvalue weighted by Crippen LogP contribution is -2.11. The van der Waals surface area contributed by atoms with Crippen LogP contribution in [-0.2, 0) is 22.7 Å². The molecule has 2 aromatic carbocycles. The fourth-order valence-corrected chi connectivity index (χ4v) is 6.13. The number of hydrogen-bond acceptors (Lipinski definition) is 11. The van der Waals surface area contributed by atoms with Crippen LogP contribution in [0, 0.1) is 13.8 Å². The van der Waals surface area contributed by atoms with Crippen molar-refractivity contribution in [1.29, 1.82) is 0 Å². The average molecular weight is 692 g/mol. The number of aryl methyl sites for hydroxylation is 2. The average Bonchev–Trinajstić information content (AvgIpc) is 3.04. The maximum absolute atomic E-state index is 11.8. The minimum atomic E-state index is -3.45. The molecule has 2 heterocycles. The van der Waals surface area contributed by atoms with Gasteiger partial charge in [-0.1, -0.05) is 39.8 Å². The van der Waals surface area contributed by atoms with Crippen LogP contribution in [0.15, 0.2) is 41.8 Å². The van der Waals surface area contributed by atoms with Crippen molar-refractivity contribution >= 4 is 27.4 Å². The number of hydrogen-bond donors (Lipinski definition) is 3. The van der Waals surface area contributed by atoms with E-state index in [1.165, 1.54) is 16.7 Å². The second-order valence-electron chi connectivity index (χ2n) is 12.7. The molecule has 4 aromatic rings. The van der Waals surface area contributed by atoms with Crippen LogP contribution in [0.1, 0.15) is 97.9 Å². The molecule has 49 heavy (non-hydrogen) atoms. The normalized spacial score (nSPS) is 11.3. The van der Waals surface area contributed by atoms with Crippen LogP contribution in [0.25, 0.3) is 0 Å². The SMILES string of the molecule is CCNc1nc(N)ncc1Cc1cc(OC)c(C)cc1C(C)C.CCNc1nc(S(C)(=O)=O)ncc1Cc1cc(OC)c(C)cc1C(C)C. The van der Waals surface area contributed by atoms with Gasteiger partial charge in [-0.2, -0.15) is 4.98 Å². The van der Waals surface area contributed by atoms with E-state index in [1.54, 1.807) is 26.6 Å². The summed E-state index contributed by atoms with van der Waals surface area (Å²) in [4.78, 5) is 16.7. The van der Waals surface area contributed by atoms with Crippen LogP contribution in [0.2, 0.25) is 0 Å². The Labute approximate surface area is 292 Å². The molecule has 11 nitrogen and oxygen atoms in total. The number of aromatic nitrogens is 4. The first-order valence-electron chi connectivity index (χ1n) is 16.6. The Morgan fingerprint density at radius 1 is 0.714 bits per heavy atom. The van der Waals surface area contributed by atoms with Crippen LogP contribution >= 0.6 is 0 Å². The van der Waals surface area contributed by atoms with Crippen LogP contribution in [-0.4, -0.2) is 61.9 Å². The predicted octanol–water partition coefficient (Wildman–Crippen LogP) is 6.86. The molecule has 0 aliphatic rings. The van der Waals surface area contributed by atoms with Gasteiger partial charge >= 0.3 is 0 Å². The van der Waals surface area contributed by atoms with Gasteiger partial charge in [0.2, 0.25) is 20.9 Å². The van der Waals surface area contributed by atoms with Crippen LogP contribution in [0.3, 0.4) is 0 Å². The fourth-order valence-electron chi connectivity index (χ4n) is 5.63. The second-order valence-corrected chi connectivity index (χ2v) is 14.6. The van der Waals surface area contributed by atoms with Gasteiger partial charge in [0, 0.05) is 55.7 Å². The highest BCUT2D eigenvalue weighted by atomic mass is 32.2. The van der Waals surface area contributed by atoms with E-state index in [9.17, 15) is 8.42 Å². The molecular formula is C37H53N7O4S. The number of anilines is 3. The van der Waals surface area contributed by atoms with Crippen molar-refractivity contribution in [3.63, 3.8) is 0 Å². The number of benzene rings is 2. The topological polar surface area (TPSA) is 154 Å². The summed E-state index contributed by atoms with van der Waals surface area (Å²) in [7, 11) is -0.0855. The number of rotatable bonds is 13. The van der Waals surface area contributed by atoms with Crippen molar-refractivity contribution in [1.82, 2.24) is 19.9 Å². The number of nitrogen functional groups attached to an aromatic ring is 1. The summed E-state index contributed by atoms with van der Waals surface area (Å²) in [6.45, 7) is 18.2. The van der Waals surface area contributed by atoms with Gasteiger partial charge in [0.05, 0.1) is 14.2 Å². The van der Waals surface area contributed by atoms with Gasteiger partial charge in [-0.3, -0.25) is 0 Å². The van der Waals surface area contributed by atoms with Crippen molar-refractivity contribution < 1.29 is 17.9 Å². The van der Waals surface area contributed by atoms with Crippen molar-refractivity contribution in [2.24, 2.45) is 0 Å². The van der Waals surface area contributed by atoms with Crippen LogP contribution in [0.5, 0.6) is 11.5 Å². The second kappa shape index (κ2) is 17.3. The van der Waals surface area contributed by atoms with E-state index in [0.29, 0.717) is 30.6 Å². The lowest BCUT2D eigenvalue weighted by atomic mass is 9.91. The van der Waals surface area contributed by atoms with E-state index in [-0.39, 0.29) is 11.1 Å². The number of nitrogens with one attached hydrogen (secondary N) is 2. The van der Waals surface area contributed by atoms with Gasteiger partial charge in [-0.05, 0) is 85.0 Å². The van der Waals surface area contributed by atoms with E-state index < -0.39 is 9.84 Å². The third-order valence-electron chi connectivity index (χ3n) is 8.06. The first-order chi connectivity index (χ1) is 23.1. The molecule has 0 spiro atoms. The standard InChI is InChI=1S/C19H27N3O3S.C18H26N4O/c1-7-20-18-15(11-21-19(22-18)26(6,23)24)9-14-10-17(25-5)13(4)8-16(14)12(2)3;1-6-20-17-14(10-21-18(19)22-17)8-13-9-16(23-5)12(4)7-15(13)11(2)3/h8,10-12H,7,9H2,1-6H3,(H,20,21,22);7,9-11H,6,8H2,1-5H3,(H3,19,20,21,22). The van der Waals surface area contributed by atoms with Crippen molar-refractivity contribution in [2.45, 2.75) is 85.2 Å². The molecule has 0 atom stereocenters. The van der Waals surface area contributed by atoms with Crippen LogP contribution < -0.4 is 25.8 Å². The lowest BCUT2D eigenvalue weighted by molar-refractivity contribution is 0.411. The van der Waals surface area contributed by atoms with Gasteiger partial charge in [-0.25, -0.2) is 23.4 Å². The van der Waals surface area contributed by atoms with Crippen molar-refractivity contribution in [2.75, 3.05) is 49.9 Å². The zero-order valence-electron chi connectivity index (χ0n) is 30.9. The molecule has 4 rings (SSSR count). The van der Waals surface area contributed by atoms with Gasteiger partial charge < -0.3 is 25.8 Å². The summed E-state index contributed by atoms with van der Waals surface area (Å²) < 4.78 is 34.5.